The van der Waals surface area contributed by atoms with Crippen LogP contribution in [0.5, 0.6) is 11.5 Å². The van der Waals surface area contributed by atoms with Gasteiger partial charge in [0, 0.05) is 42.5 Å². The molecule has 3 heterocycles. The summed E-state index contributed by atoms with van der Waals surface area (Å²) in [6.45, 7) is 6.17. The SMILES string of the molecule is CCOc1ccc(C(=O)N2CCC3(Nc4cc(OC)ccc4-n4cccc43)C(C)C2)cc1. The molecule has 6 heteroatoms. The van der Waals surface area contributed by atoms with E-state index < -0.39 is 0 Å². The first-order valence-electron chi connectivity index (χ1n) is 11.2. The number of rotatable bonds is 4. The lowest BCUT2D eigenvalue weighted by Gasteiger charge is -2.50. The van der Waals surface area contributed by atoms with Gasteiger partial charge < -0.3 is 24.3 Å². The Balaban J connectivity index is 1.41. The maximum atomic E-state index is 13.2. The maximum Gasteiger partial charge on any atom is 0.253 e. The quantitative estimate of drug-likeness (QED) is 0.651. The molecule has 3 aromatic rings. The second-order valence-corrected chi connectivity index (χ2v) is 8.60. The average molecular weight is 432 g/mol. The van der Waals surface area contributed by atoms with Crippen LogP contribution in [0.15, 0.2) is 60.8 Å². The molecule has 0 radical (unpaired) electrons. The highest BCUT2D eigenvalue weighted by Gasteiger charge is 2.47. The van der Waals surface area contributed by atoms with E-state index in [0.717, 1.165) is 29.3 Å². The number of fused-ring (bicyclic) bond motifs is 4. The Kier molecular flexibility index (Phi) is 5.08. The fraction of sp³-hybridized carbons (Fsp3) is 0.346. The summed E-state index contributed by atoms with van der Waals surface area (Å²) in [4.78, 5) is 15.2. The molecule has 1 aromatic heterocycles. The Bertz CT molecular complexity index is 1140. The molecular weight excluding hydrogens is 402 g/mol. The van der Waals surface area contributed by atoms with Gasteiger partial charge in [0.15, 0.2) is 0 Å². The van der Waals surface area contributed by atoms with Crippen molar-refractivity contribution in [2.75, 3.05) is 32.1 Å². The number of aromatic nitrogens is 1. The van der Waals surface area contributed by atoms with Gasteiger partial charge in [-0.3, -0.25) is 4.79 Å². The monoisotopic (exact) mass is 431 g/mol. The molecule has 5 rings (SSSR count). The predicted octanol–water partition coefficient (Wildman–Crippen LogP) is 4.69. The fourth-order valence-corrected chi connectivity index (χ4v) is 5.14. The highest BCUT2D eigenvalue weighted by Crippen LogP contribution is 2.47. The van der Waals surface area contributed by atoms with Crippen LogP contribution in [-0.2, 0) is 5.54 Å². The molecule has 1 amide bonds. The topological polar surface area (TPSA) is 55.7 Å². The summed E-state index contributed by atoms with van der Waals surface area (Å²) in [6.07, 6.45) is 2.95. The molecular formula is C26H29N3O3. The lowest BCUT2D eigenvalue weighted by atomic mass is 9.74. The van der Waals surface area contributed by atoms with Gasteiger partial charge in [-0.1, -0.05) is 6.92 Å². The third-order valence-electron chi connectivity index (χ3n) is 6.84. The number of piperidine rings is 1. The van der Waals surface area contributed by atoms with Crippen molar-refractivity contribution in [2.45, 2.75) is 25.8 Å². The number of carbonyl (C=O) groups is 1. The fourth-order valence-electron chi connectivity index (χ4n) is 5.14. The van der Waals surface area contributed by atoms with Gasteiger partial charge in [0.05, 0.1) is 30.6 Å². The molecule has 32 heavy (non-hydrogen) atoms. The number of methoxy groups -OCH3 is 1. The van der Waals surface area contributed by atoms with Gasteiger partial charge in [0.25, 0.3) is 5.91 Å². The molecule has 166 valence electrons. The largest absolute Gasteiger partial charge is 0.497 e. The van der Waals surface area contributed by atoms with Crippen LogP contribution in [0.3, 0.4) is 0 Å². The summed E-state index contributed by atoms with van der Waals surface area (Å²) in [6, 6.07) is 17.9. The van der Waals surface area contributed by atoms with Crippen molar-refractivity contribution in [3.05, 3.63) is 72.1 Å². The number of benzene rings is 2. The minimum Gasteiger partial charge on any atom is -0.497 e. The van der Waals surface area contributed by atoms with Crippen LogP contribution in [0.2, 0.25) is 0 Å². The van der Waals surface area contributed by atoms with E-state index in [-0.39, 0.29) is 17.4 Å². The summed E-state index contributed by atoms with van der Waals surface area (Å²) in [5.74, 6) is 1.91. The molecule has 1 N–H and O–H groups in total. The number of carbonyl (C=O) groups excluding carboxylic acids is 1. The molecule has 1 spiro atoms. The smallest absolute Gasteiger partial charge is 0.253 e. The number of nitrogens with one attached hydrogen (secondary N) is 1. The average Bonchev–Trinajstić information content (AvgIpc) is 3.32. The van der Waals surface area contributed by atoms with Gasteiger partial charge in [0.1, 0.15) is 11.5 Å². The number of hydrogen-bond donors (Lipinski definition) is 1. The van der Waals surface area contributed by atoms with E-state index in [2.05, 4.69) is 47.3 Å². The van der Waals surface area contributed by atoms with Gasteiger partial charge in [-0.05, 0) is 61.9 Å². The van der Waals surface area contributed by atoms with E-state index in [1.807, 2.05) is 42.2 Å². The minimum atomic E-state index is -0.238. The number of anilines is 1. The van der Waals surface area contributed by atoms with Crippen LogP contribution in [0.1, 0.15) is 36.3 Å². The van der Waals surface area contributed by atoms with E-state index in [1.165, 1.54) is 5.69 Å². The van der Waals surface area contributed by atoms with E-state index in [0.29, 0.717) is 25.3 Å². The molecule has 2 unspecified atom stereocenters. The van der Waals surface area contributed by atoms with Crippen LogP contribution >= 0.6 is 0 Å². The van der Waals surface area contributed by atoms with Crippen molar-refractivity contribution in [3.63, 3.8) is 0 Å². The number of likely N-dealkylation sites (tertiary alicyclic amines) is 1. The summed E-state index contributed by atoms with van der Waals surface area (Å²) < 4.78 is 13.2. The van der Waals surface area contributed by atoms with Gasteiger partial charge in [-0.15, -0.1) is 0 Å². The second-order valence-electron chi connectivity index (χ2n) is 8.60. The lowest BCUT2D eigenvalue weighted by molar-refractivity contribution is 0.0580. The first-order valence-corrected chi connectivity index (χ1v) is 11.2. The number of nitrogens with zero attached hydrogens (tertiary/aromatic N) is 2. The Morgan fingerprint density at radius 3 is 2.66 bits per heavy atom. The molecule has 1 saturated heterocycles. The Morgan fingerprint density at radius 2 is 1.94 bits per heavy atom. The van der Waals surface area contributed by atoms with Crippen molar-refractivity contribution in [1.29, 1.82) is 0 Å². The van der Waals surface area contributed by atoms with Crippen LogP contribution in [0.4, 0.5) is 5.69 Å². The summed E-state index contributed by atoms with van der Waals surface area (Å²) >= 11 is 0. The van der Waals surface area contributed by atoms with Gasteiger partial charge >= 0.3 is 0 Å². The van der Waals surface area contributed by atoms with Crippen molar-refractivity contribution >= 4 is 11.6 Å². The molecule has 2 aliphatic heterocycles. The van der Waals surface area contributed by atoms with Gasteiger partial charge in [-0.2, -0.15) is 0 Å². The molecule has 0 aliphatic carbocycles. The molecule has 1 fully saturated rings. The normalized spacial score (nSPS) is 21.5. The van der Waals surface area contributed by atoms with Crippen molar-refractivity contribution < 1.29 is 14.3 Å². The maximum absolute atomic E-state index is 13.2. The highest BCUT2D eigenvalue weighted by atomic mass is 16.5. The standard InChI is InChI=1S/C26H29N3O3/c1-4-32-20-9-7-19(8-10-20)25(30)28-15-13-26(18(2)17-28)24-6-5-14-29(24)23-12-11-21(31-3)16-22(23)27-26/h5-12,14,16,18,27H,4,13,15,17H2,1-3H3. The summed E-state index contributed by atoms with van der Waals surface area (Å²) in [5.41, 5.74) is 3.89. The van der Waals surface area contributed by atoms with Crippen LogP contribution in [-0.4, -0.2) is 42.2 Å². The van der Waals surface area contributed by atoms with Crippen molar-refractivity contribution in [3.8, 4) is 17.2 Å². The number of ether oxygens (including phenoxy) is 2. The number of hydrogen-bond acceptors (Lipinski definition) is 4. The molecule has 0 bridgehead atoms. The van der Waals surface area contributed by atoms with E-state index in [9.17, 15) is 4.79 Å². The third kappa shape index (κ3) is 3.22. The van der Waals surface area contributed by atoms with Crippen LogP contribution < -0.4 is 14.8 Å². The van der Waals surface area contributed by atoms with Crippen LogP contribution in [0.25, 0.3) is 5.69 Å². The Labute approximate surface area is 188 Å². The predicted molar refractivity (Wildman–Crippen MR) is 125 cm³/mol. The Hall–Kier alpha value is -3.41. The van der Waals surface area contributed by atoms with E-state index in [4.69, 9.17) is 9.47 Å². The zero-order chi connectivity index (χ0) is 22.3. The molecule has 2 atom stereocenters. The zero-order valence-electron chi connectivity index (χ0n) is 18.8. The third-order valence-corrected chi connectivity index (χ3v) is 6.84. The molecule has 2 aromatic carbocycles. The zero-order valence-corrected chi connectivity index (χ0v) is 18.8. The molecule has 0 saturated carbocycles. The first-order chi connectivity index (χ1) is 15.6. The highest BCUT2D eigenvalue weighted by molar-refractivity contribution is 5.94. The molecule has 6 nitrogen and oxygen atoms in total. The van der Waals surface area contributed by atoms with Crippen molar-refractivity contribution in [1.82, 2.24) is 9.47 Å². The second kappa shape index (κ2) is 7.93. The number of amides is 1. The molecule has 2 aliphatic rings. The first kappa shape index (κ1) is 20.5. The van der Waals surface area contributed by atoms with Gasteiger partial charge in [-0.25, -0.2) is 0 Å². The Morgan fingerprint density at radius 1 is 1.16 bits per heavy atom. The van der Waals surface area contributed by atoms with Crippen LogP contribution in [0, 0.1) is 5.92 Å². The van der Waals surface area contributed by atoms with Gasteiger partial charge in [0.2, 0.25) is 0 Å². The summed E-state index contributed by atoms with van der Waals surface area (Å²) in [7, 11) is 1.69. The summed E-state index contributed by atoms with van der Waals surface area (Å²) in [5, 5.41) is 3.84. The van der Waals surface area contributed by atoms with E-state index >= 15 is 0 Å². The van der Waals surface area contributed by atoms with Crippen molar-refractivity contribution in [2.24, 2.45) is 5.92 Å². The minimum absolute atomic E-state index is 0.0722. The van der Waals surface area contributed by atoms with E-state index in [1.54, 1.807) is 7.11 Å². The lowest BCUT2D eigenvalue weighted by Crippen LogP contribution is -2.56.